The van der Waals surface area contributed by atoms with Crippen LogP contribution in [0.1, 0.15) is 27.7 Å². The number of nitrogens with zero attached hydrogens (tertiary/aromatic N) is 1. The van der Waals surface area contributed by atoms with Crippen molar-refractivity contribution in [2.75, 3.05) is 6.54 Å². The van der Waals surface area contributed by atoms with E-state index in [4.69, 9.17) is 5.73 Å². The highest BCUT2D eigenvalue weighted by molar-refractivity contribution is 5.93. The van der Waals surface area contributed by atoms with E-state index >= 15 is 0 Å². The van der Waals surface area contributed by atoms with Crippen molar-refractivity contribution in [1.29, 1.82) is 0 Å². The van der Waals surface area contributed by atoms with Gasteiger partial charge in [-0.05, 0) is 24.1 Å². The van der Waals surface area contributed by atoms with Gasteiger partial charge in [-0.15, -0.1) is 0 Å². The Bertz CT molecular complexity index is 554. The average Bonchev–Trinajstić information content (AvgIpc) is 2.46. The Morgan fingerprint density at radius 1 is 1.26 bits per heavy atom. The zero-order valence-corrected chi connectivity index (χ0v) is 10.8. The highest BCUT2D eigenvalue weighted by Gasteiger charge is 2.16. The molecule has 1 aromatic carbocycles. The lowest BCUT2D eigenvalue weighted by atomic mass is 10.1. The van der Waals surface area contributed by atoms with Crippen molar-refractivity contribution in [2.24, 2.45) is 5.73 Å². The first-order valence-electron chi connectivity index (χ1n) is 6.20. The van der Waals surface area contributed by atoms with E-state index in [2.05, 4.69) is 10.3 Å². The first-order chi connectivity index (χ1) is 9.22. The van der Waals surface area contributed by atoms with Crippen LogP contribution in [-0.4, -0.2) is 17.4 Å². The molecule has 0 radical (unpaired) electrons. The molecule has 2 aromatic rings. The predicted molar refractivity (Wildman–Crippen MR) is 74.7 cm³/mol. The monoisotopic (exact) mass is 255 g/mol. The highest BCUT2D eigenvalue weighted by Crippen LogP contribution is 2.12. The Balaban J connectivity index is 2.16. The first-order valence-corrected chi connectivity index (χ1v) is 6.20. The maximum atomic E-state index is 12.2. The van der Waals surface area contributed by atoms with Gasteiger partial charge in [0.25, 0.3) is 5.91 Å². The summed E-state index contributed by atoms with van der Waals surface area (Å²) in [6.07, 6.45) is 1.61. The first kappa shape index (κ1) is 13.2. The molecular weight excluding hydrogens is 238 g/mol. The minimum Gasteiger partial charge on any atom is -0.343 e. The molecule has 3 N–H and O–H groups in total. The molecular formula is C15H17N3O. The maximum absolute atomic E-state index is 12.2. The second kappa shape index (κ2) is 6.11. The number of hydrogen-bond acceptors (Lipinski definition) is 3. The van der Waals surface area contributed by atoms with Gasteiger partial charge in [-0.3, -0.25) is 9.78 Å². The van der Waals surface area contributed by atoms with Crippen molar-refractivity contribution in [1.82, 2.24) is 10.3 Å². The van der Waals surface area contributed by atoms with E-state index in [1.54, 1.807) is 6.20 Å². The van der Waals surface area contributed by atoms with Crippen molar-refractivity contribution >= 4 is 5.91 Å². The number of benzene rings is 1. The number of carbonyl (C=O) groups excluding carboxylic acids is 1. The lowest BCUT2D eigenvalue weighted by Gasteiger charge is -2.17. The summed E-state index contributed by atoms with van der Waals surface area (Å²) >= 11 is 0. The van der Waals surface area contributed by atoms with Gasteiger partial charge in [0.15, 0.2) is 0 Å². The fourth-order valence-corrected chi connectivity index (χ4v) is 1.91. The number of nitrogens with one attached hydrogen (secondary N) is 1. The predicted octanol–water partition coefficient (Wildman–Crippen LogP) is 1.82. The molecule has 2 rings (SSSR count). The number of amides is 1. The van der Waals surface area contributed by atoms with Gasteiger partial charge in [0, 0.05) is 12.7 Å². The highest BCUT2D eigenvalue weighted by atomic mass is 16.1. The molecule has 1 heterocycles. The van der Waals surface area contributed by atoms with Gasteiger partial charge >= 0.3 is 0 Å². The van der Waals surface area contributed by atoms with Crippen LogP contribution in [0.15, 0.2) is 48.7 Å². The van der Waals surface area contributed by atoms with Crippen LogP contribution in [-0.2, 0) is 0 Å². The van der Waals surface area contributed by atoms with Crippen LogP contribution in [0.5, 0.6) is 0 Å². The topological polar surface area (TPSA) is 68.0 Å². The van der Waals surface area contributed by atoms with E-state index in [1.165, 1.54) is 0 Å². The van der Waals surface area contributed by atoms with E-state index in [9.17, 15) is 4.79 Å². The lowest BCUT2D eigenvalue weighted by molar-refractivity contribution is 0.0932. The summed E-state index contributed by atoms with van der Waals surface area (Å²) < 4.78 is 0. The van der Waals surface area contributed by atoms with Crippen LogP contribution in [0.4, 0.5) is 0 Å². The minimum absolute atomic E-state index is 0.197. The summed E-state index contributed by atoms with van der Waals surface area (Å²) in [7, 11) is 0. The van der Waals surface area contributed by atoms with Crippen molar-refractivity contribution in [2.45, 2.75) is 13.0 Å². The number of aryl methyl sites for hydroxylation is 1. The van der Waals surface area contributed by atoms with E-state index in [-0.39, 0.29) is 11.9 Å². The van der Waals surface area contributed by atoms with Gasteiger partial charge in [-0.1, -0.05) is 36.4 Å². The largest absolute Gasteiger partial charge is 0.343 e. The normalized spacial score (nSPS) is 11.9. The molecule has 0 saturated carbocycles. The SMILES string of the molecule is Cc1cccnc1C(=O)NC(CN)c1ccccc1. The molecule has 98 valence electrons. The number of hydrogen-bond donors (Lipinski definition) is 2. The molecule has 1 aromatic heterocycles. The molecule has 0 aliphatic rings. The maximum Gasteiger partial charge on any atom is 0.270 e. The molecule has 1 atom stereocenters. The molecule has 4 nitrogen and oxygen atoms in total. The second-order valence-corrected chi connectivity index (χ2v) is 4.34. The number of nitrogens with two attached hydrogens (primary N) is 1. The molecule has 0 aliphatic heterocycles. The summed E-state index contributed by atoms with van der Waals surface area (Å²) in [6.45, 7) is 2.21. The van der Waals surface area contributed by atoms with E-state index in [0.29, 0.717) is 12.2 Å². The standard InChI is InChI=1S/C15H17N3O/c1-11-6-5-9-17-14(11)15(19)18-13(10-16)12-7-3-2-4-8-12/h2-9,13H,10,16H2,1H3,(H,18,19). The smallest absolute Gasteiger partial charge is 0.270 e. The summed E-state index contributed by atoms with van der Waals surface area (Å²) in [5, 5.41) is 2.91. The number of aromatic nitrogens is 1. The summed E-state index contributed by atoms with van der Waals surface area (Å²) in [4.78, 5) is 16.3. The minimum atomic E-state index is -0.199. The van der Waals surface area contributed by atoms with Crippen molar-refractivity contribution in [3.8, 4) is 0 Å². The Morgan fingerprint density at radius 3 is 2.63 bits per heavy atom. The molecule has 0 bridgehead atoms. The third kappa shape index (κ3) is 3.17. The van der Waals surface area contributed by atoms with Crippen LogP contribution >= 0.6 is 0 Å². The van der Waals surface area contributed by atoms with E-state index < -0.39 is 0 Å². The van der Waals surface area contributed by atoms with Crippen LogP contribution < -0.4 is 11.1 Å². The average molecular weight is 255 g/mol. The quantitative estimate of drug-likeness (QED) is 0.875. The summed E-state index contributed by atoms with van der Waals surface area (Å²) in [5.74, 6) is -0.197. The van der Waals surface area contributed by atoms with Crippen molar-refractivity contribution in [3.05, 3.63) is 65.5 Å². The molecule has 0 fully saturated rings. The molecule has 1 amide bonds. The zero-order chi connectivity index (χ0) is 13.7. The van der Waals surface area contributed by atoms with Crippen LogP contribution in [0.3, 0.4) is 0 Å². The molecule has 4 heteroatoms. The summed E-state index contributed by atoms with van der Waals surface area (Å²) in [6, 6.07) is 13.2. The van der Waals surface area contributed by atoms with Crippen LogP contribution in [0.2, 0.25) is 0 Å². The number of carbonyl (C=O) groups is 1. The molecule has 1 unspecified atom stereocenters. The van der Waals surface area contributed by atoms with Gasteiger partial charge in [-0.25, -0.2) is 0 Å². The van der Waals surface area contributed by atoms with Crippen molar-refractivity contribution in [3.63, 3.8) is 0 Å². The van der Waals surface area contributed by atoms with Gasteiger partial charge in [0.2, 0.25) is 0 Å². The Morgan fingerprint density at radius 2 is 2.00 bits per heavy atom. The van der Waals surface area contributed by atoms with E-state index in [1.807, 2.05) is 49.4 Å². The molecule has 0 spiro atoms. The third-order valence-corrected chi connectivity index (χ3v) is 2.97. The molecule has 19 heavy (non-hydrogen) atoms. The fourth-order valence-electron chi connectivity index (χ4n) is 1.91. The van der Waals surface area contributed by atoms with Crippen LogP contribution in [0, 0.1) is 6.92 Å². The van der Waals surface area contributed by atoms with Gasteiger partial charge < -0.3 is 11.1 Å². The molecule has 0 aliphatic carbocycles. The Labute approximate surface area is 112 Å². The second-order valence-electron chi connectivity index (χ2n) is 4.34. The third-order valence-electron chi connectivity index (χ3n) is 2.97. The van der Waals surface area contributed by atoms with Crippen molar-refractivity contribution < 1.29 is 4.79 Å². The van der Waals surface area contributed by atoms with Gasteiger partial charge in [-0.2, -0.15) is 0 Å². The Kier molecular flexibility index (Phi) is 4.26. The van der Waals surface area contributed by atoms with E-state index in [0.717, 1.165) is 11.1 Å². The Hall–Kier alpha value is -2.20. The number of pyridine rings is 1. The van der Waals surface area contributed by atoms with Gasteiger partial charge in [0.1, 0.15) is 5.69 Å². The number of rotatable bonds is 4. The molecule has 0 saturated heterocycles. The zero-order valence-electron chi connectivity index (χ0n) is 10.8. The summed E-state index contributed by atoms with van der Waals surface area (Å²) in [5.41, 5.74) is 8.02. The van der Waals surface area contributed by atoms with Crippen LogP contribution in [0.25, 0.3) is 0 Å². The fraction of sp³-hybridized carbons (Fsp3) is 0.200. The van der Waals surface area contributed by atoms with Gasteiger partial charge in [0.05, 0.1) is 6.04 Å². The lowest BCUT2D eigenvalue weighted by Crippen LogP contribution is -2.34.